The molecule has 2 aromatic carbocycles. The topological polar surface area (TPSA) is 74.4 Å². The highest BCUT2D eigenvalue weighted by Gasteiger charge is 2.67. The van der Waals surface area contributed by atoms with Gasteiger partial charge < -0.3 is 19.9 Å². The summed E-state index contributed by atoms with van der Waals surface area (Å²) < 4.78 is 6.21. The number of anilines is 1. The van der Waals surface area contributed by atoms with E-state index in [9.17, 15) is 9.59 Å². The number of benzene rings is 2. The van der Waals surface area contributed by atoms with Gasteiger partial charge in [-0.1, -0.05) is 42.0 Å². The second-order valence-electron chi connectivity index (χ2n) is 8.70. The molecular weight excluding hydrogens is 426 g/mol. The van der Waals surface area contributed by atoms with Gasteiger partial charge in [0.1, 0.15) is 5.60 Å². The van der Waals surface area contributed by atoms with Crippen molar-refractivity contribution in [3.05, 3.63) is 77.5 Å². The number of carbonyl (C=O) groups excluding carboxylic acids is 2. The van der Waals surface area contributed by atoms with E-state index in [1.807, 2.05) is 48.7 Å². The lowest BCUT2D eigenvalue weighted by atomic mass is 9.77. The summed E-state index contributed by atoms with van der Waals surface area (Å²) in [6.45, 7) is 0.909. The van der Waals surface area contributed by atoms with Crippen molar-refractivity contribution < 1.29 is 14.3 Å². The number of rotatable bonds is 5. The molecule has 162 valence electrons. The van der Waals surface area contributed by atoms with Crippen LogP contribution in [-0.2, 0) is 20.7 Å². The Balaban J connectivity index is 1.18. The van der Waals surface area contributed by atoms with Crippen LogP contribution >= 0.6 is 11.6 Å². The Kier molecular flexibility index (Phi) is 4.42. The van der Waals surface area contributed by atoms with Crippen LogP contribution in [0.5, 0.6) is 0 Å². The van der Waals surface area contributed by atoms with Gasteiger partial charge in [-0.25, -0.2) is 0 Å². The van der Waals surface area contributed by atoms with E-state index >= 15 is 0 Å². The van der Waals surface area contributed by atoms with E-state index in [1.54, 1.807) is 17.0 Å². The van der Waals surface area contributed by atoms with Gasteiger partial charge in [-0.15, -0.1) is 0 Å². The summed E-state index contributed by atoms with van der Waals surface area (Å²) in [6.07, 6.45) is 6.24. The van der Waals surface area contributed by atoms with Crippen LogP contribution in [0.3, 0.4) is 0 Å². The van der Waals surface area contributed by atoms with Gasteiger partial charge in [0.05, 0.1) is 24.5 Å². The van der Waals surface area contributed by atoms with Gasteiger partial charge in [-0.2, -0.15) is 0 Å². The molecule has 2 amide bonds. The molecule has 6 nitrogen and oxygen atoms in total. The number of H-pyrrole nitrogens is 1. The van der Waals surface area contributed by atoms with Crippen LogP contribution in [0, 0.1) is 11.8 Å². The van der Waals surface area contributed by atoms with Gasteiger partial charge in [0.15, 0.2) is 0 Å². The maximum atomic E-state index is 13.4. The second-order valence-corrected chi connectivity index (χ2v) is 9.14. The molecule has 3 aliphatic rings. The van der Waals surface area contributed by atoms with E-state index in [0.29, 0.717) is 24.5 Å². The maximum Gasteiger partial charge on any atom is 0.234 e. The third-order valence-corrected chi connectivity index (χ3v) is 7.16. The van der Waals surface area contributed by atoms with Crippen LogP contribution in [0.2, 0.25) is 5.02 Å². The van der Waals surface area contributed by atoms with Crippen LogP contribution in [-0.4, -0.2) is 41.6 Å². The molecule has 32 heavy (non-hydrogen) atoms. The highest BCUT2D eigenvalue weighted by Crippen LogP contribution is 2.52. The van der Waals surface area contributed by atoms with E-state index in [2.05, 4.69) is 16.4 Å². The lowest BCUT2D eigenvalue weighted by Crippen LogP contribution is -2.44. The minimum atomic E-state index is -0.736. The number of halogens is 1. The maximum absolute atomic E-state index is 13.4. The summed E-state index contributed by atoms with van der Waals surface area (Å²) in [4.78, 5) is 31.5. The van der Waals surface area contributed by atoms with Crippen LogP contribution in [0.25, 0.3) is 10.9 Å². The zero-order valence-corrected chi connectivity index (χ0v) is 18.0. The van der Waals surface area contributed by atoms with Gasteiger partial charge in [-0.05, 0) is 42.3 Å². The lowest BCUT2D eigenvalue weighted by molar-refractivity contribution is -0.131. The van der Waals surface area contributed by atoms with Crippen molar-refractivity contribution >= 4 is 40.0 Å². The zero-order chi connectivity index (χ0) is 21.9. The molecule has 6 rings (SSSR count). The predicted octanol–water partition coefficient (Wildman–Crippen LogP) is 3.47. The van der Waals surface area contributed by atoms with E-state index in [4.69, 9.17) is 16.3 Å². The summed E-state index contributed by atoms with van der Waals surface area (Å²) in [5.74, 6) is -1.23. The first-order valence-electron chi connectivity index (χ1n) is 10.8. The predicted molar refractivity (Wildman–Crippen MR) is 123 cm³/mol. The van der Waals surface area contributed by atoms with Crippen LogP contribution < -0.4 is 10.2 Å². The molecule has 0 radical (unpaired) electrons. The van der Waals surface area contributed by atoms with Crippen molar-refractivity contribution in [2.45, 2.75) is 18.1 Å². The molecule has 2 N–H and O–H groups in total. The molecule has 0 unspecified atom stereocenters. The number of aromatic amines is 1. The summed E-state index contributed by atoms with van der Waals surface area (Å²) in [5, 5.41) is 4.83. The summed E-state index contributed by atoms with van der Waals surface area (Å²) >= 11 is 6.00. The molecule has 2 fully saturated rings. The number of hydrogen-bond acceptors (Lipinski definition) is 3. The van der Waals surface area contributed by atoms with Gasteiger partial charge in [0, 0.05) is 34.4 Å². The quantitative estimate of drug-likeness (QED) is 0.588. The molecule has 7 heteroatoms. The van der Waals surface area contributed by atoms with Gasteiger partial charge >= 0.3 is 0 Å². The lowest BCUT2D eigenvalue weighted by Gasteiger charge is -2.23. The molecule has 2 saturated heterocycles. The molecule has 2 bridgehead atoms. The van der Waals surface area contributed by atoms with Crippen molar-refractivity contribution in [2.75, 3.05) is 18.0 Å². The zero-order valence-electron chi connectivity index (χ0n) is 17.3. The van der Waals surface area contributed by atoms with E-state index in [0.717, 1.165) is 22.2 Å². The summed E-state index contributed by atoms with van der Waals surface area (Å²) in [5.41, 5.74) is 2.27. The number of aromatic nitrogens is 1. The number of carbonyl (C=O) groups is 2. The summed E-state index contributed by atoms with van der Waals surface area (Å²) in [6, 6.07) is 15.3. The third-order valence-electron chi connectivity index (χ3n) is 6.91. The molecule has 0 saturated carbocycles. The number of ether oxygens (including phenoxy) is 1. The highest BCUT2D eigenvalue weighted by atomic mass is 35.5. The Hall–Kier alpha value is -3.09. The van der Waals surface area contributed by atoms with Crippen LogP contribution in [0.1, 0.15) is 5.56 Å². The molecule has 3 aromatic rings. The molecule has 3 aliphatic heterocycles. The van der Waals surface area contributed by atoms with Crippen LogP contribution in [0.4, 0.5) is 5.69 Å². The number of fused-ring (bicyclic) bond motifs is 2. The average molecular weight is 448 g/mol. The molecule has 1 aromatic heterocycles. The van der Waals surface area contributed by atoms with Crippen LogP contribution in [0.15, 0.2) is 66.9 Å². The average Bonchev–Trinajstić information content (AvgIpc) is 3.54. The fourth-order valence-electron chi connectivity index (χ4n) is 5.41. The van der Waals surface area contributed by atoms with Crippen molar-refractivity contribution in [2.24, 2.45) is 11.8 Å². The van der Waals surface area contributed by atoms with E-state index < -0.39 is 17.4 Å². The molecule has 4 heterocycles. The molecular formula is C25H22ClN3O3. The third kappa shape index (κ3) is 2.90. The number of amides is 2. The number of para-hydroxylation sites is 1. The smallest absolute Gasteiger partial charge is 0.234 e. The standard InChI is InChI=1S/C25H22ClN3O3/c26-16-5-7-17(8-6-16)29-14-25-11-9-20(32-25)21(22(25)24(29)31)23(30)27-12-10-15-13-28-19-4-2-1-3-18(15)19/h1-9,11,13,20-22,28H,10,12,14H2,(H,27,30)/t20-,21-,22+,25+/m1/s1. The van der Waals surface area contributed by atoms with Crippen molar-refractivity contribution in [3.63, 3.8) is 0 Å². The minimum Gasteiger partial charge on any atom is -0.361 e. The monoisotopic (exact) mass is 447 g/mol. The normalized spacial score (nSPS) is 28.0. The largest absolute Gasteiger partial charge is 0.361 e. The Morgan fingerprint density at radius 1 is 1.22 bits per heavy atom. The fourth-order valence-corrected chi connectivity index (χ4v) is 5.54. The molecule has 4 atom stereocenters. The Bertz CT molecular complexity index is 1250. The first kappa shape index (κ1) is 19.6. The van der Waals surface area contributed by atoms with E-state index in [-0.39, 0.29) is 17.9 Å². The van der Waals surface area contributed by atoms with Crippen molar-refractivity contribution in [3.8, 4) is 0 Å². The van der Waals surface area contributed by atoms with Crippen molar-refractivity contribution in [1.82, 2.24) is 10.3 Å². The van der Waals surface area contributed by atoms with E-state index in [1.165, 1.54) is 0 Å². The minimum absolute atomic E-state index is 0.0732. The molecule has 0 aliphatic carbocycles. The second kappa shape index (κ2) is 7.22. The number of nitrogens with zero attached hydrogens (tertiary/aromatic N) is 1. The molecule has 1 spiro atoms. The van der Waals surface area contributed by atoms with Gasteiger partial charge in [0.25, 0.3) is 0 Å². The van der Waals surface area contributed by atoms with Crippen molar-refractivity contribution in [1.29, 1.82) is 0 Å². The first-order chi connectivity index (χ1) is 15.6. The number of hydrogen-bond donors (Lipinski definition) is 2. The van der Waals surface area contributed by atoms with Gasteiger partial charge in [-0.3, -0.25) is 9.59 Å². The Morgan fingerprint density at radius 2 is 2.03 bits per heavy atom. The Morgan fingerprint density at radius 3 is 2.88 bits per heavy atom. The van der Waals surface area contributed by atoms with Gasteiger partial charge in [0.2, 0.25) is 11.8 Å². The Labute approximate surface area is 190 Å². The number of nitrogens with one attached hydrogen (secondary N) is 2. The summed E-state index contributed by atoms with van der Waals surface area (Å²) in [7, 11) is 0. The SMILES string of the molecule is O=C(NCCc1c[nH]c2ccccc12)[C@H]1[C@H]2C(=O)N(c3ccc(Cl)cc3)C[C@@]23C=C[C@H]1O3. The highest BCUT2D eigenvalue weighted by molar-refractivity contribution is 6.30. The first-order valence-corrected chi connectivity index (χ1v) is 11.2. The fraction of sp³-hybridized carbons (Fsp3) is 0.280.